The van der Waals surface area contributed by atoms with Gasteiger partial charge in [0, 0.05) is 37.3 Å². The first-order chi connectivity index (χ1) is 17.9. The van der Waals surface area contributed by atoms with Crippen LogP contribution in [0.5, 0.6) is 0 Å². The number of H-pyrrole nitrogens is 1. The lowest BCUT2D eigenvalue weighted by Crippen LogP contribution is -2.49. The molecule has 3 N–H and O–H groups in total. The second-order valence-electron chi connectivity index (χ2n) is 9.48. The minimum atomic E-state index is -5.08. The number of carbonyl (C=O) groups excluding carboxylic acids is 1. The van der Waals surface area contributed by atoms with Gasteiger partial charge in [0.2, 0.25) is 0 Å². The number of carboxylic acids is 1. The summed E-state index contributed by atoms with van der Waals surface area (Å²) in [6.45, 7) is 6.67. The van der Waals surface area contributed by atoms with E-state index in [1.807, 2.05) is 28.8 Å². The second kappa shape index (κ2) is 12.2. The van der Waals surface area contributed by atoms with Crippen molar-refractivity contribution in [3.63, 3.8) is 0 Å². The third-order valence-electron chi connectivity index (χ3n) is 6.47. The lowest BCUT2D eigenvalue weighted by molar-refractivity contribution is -0.192. The summed E-state index contributed by atoms with van der Waals surface area (Å²) in [6, 6.07) is 13.6. The predicted molar refractivity (Wildman–Crippen MR) is 133 cm³/mol. The molecule has 0 aliphatic carbocycles. The number of hydrogen-bond acceptors (Lipinski definition) is 4. The normalized spacial score (nSPS) is 15.7. The van der Waals surface area contributed by atoms with E-state index >= 15 is 0 Å². The quantitative estimate of drug-likeness (QED) is 0.408. The zero-order chi connectivity index (χ0) is 28.0. The molecule has 1 aliphatic heterocycles. The first-order valence-corrected chi connectivity index (χ1v) is 12.1. The first kappa shape index (κ1) is 28.9. The lowest BCUT2D eigenvalue weighted by Gasteiger charge is -2.36. The SMILES string of the molecule is CC(C)[C@@H](CN1CCC(n2c(=O)[nH]c3ccccc32)CC1)NC(=O)c1ccc(F)cc1.O=C(O)C(F)(F)F. The van der Waals surface area contributed by atoms with Crippen LogP contribution in [0, 0.1) is 11.7 Å². The first-order valence-electron chi connectivity index (χ1n) is 12.1. The Morgan fingerprint density at radius 2 is 1.66 bits per heavy atom. The van der Waals surface area contributed by atoms with E-state index in [-0.39, 0.29) is 35.4 Å². The predicted octanol–water partition coefficient (Wildman–Crippen LogP) is 4.19. The number of nitrogens with one attached hydrogen (secondary N) is 2. The third kappa shape index (κ3) is 7.44. The Labute approximate surface area is 216 Å². The van der Waals surface area contributed by atoms with Crippen LogP contribution in [0.3, 0.4) is 0 Å². The molecule has 4 rings (SSSR count). The number of aromatic nitrogens is 2. The van der Waals surface area contributed by atoms with Crippen molar-refractivity contribution in [1.29, 1.82) is 0 Å². The number of aliphatic carboxylic acids is 1. The second-order valence-corrected chi connectivity index (χ2v) is 9.48. The topological polar surface area (TPSA) is 107 Å². The minimum absolute atomic E-state index is 0.00934. The number of likely N-dealkylation sites (tertiary alicyclic amines) is 1. The highest BCUT2D eigenvalue weighted by Crippen LogP contribution is 2.25. The monoisotopic (exact) mass is 538 g/mol. The average molecular weight is 539 g/mol. The number of benzene rings is 2. The molecule has 1 atom stereocenters. The van der Waals surface area contributed by atoms with Crippen LogP contribution in [0.25, 0.3) is 11.0 Å². The van der Waals surface area contributed by atoms with E-state index in [1.165, 1.54) is 24.3 Å². The Hall–Kier alpha value is -3.67. The van der Waals surface area contributed by atoms with Crippen LogP contribution < -0.4 is 11.0 Å². The van der Waals surface area contributed by atoms with E-state index in [4.69, 9.17) is 9.90 Å². The molecule has 0 bridgehead atoms. The molecule has 0 spiro atoms. The van der Waals surface area contributed by atoms with E-state index < -0.39 is 12.1 Å². The number of carbonyl (C=O) groups is 2. The summed E-state index contributed by atoms with van der Waals surface area (Å²) in [5.41, 5.74) is 2.24. The van der Waals surface area contributed by atoms with E-state index in [2.05, 4.69) is 29.0 Å². The maximum atomic E-state index is 13.1. The van der Waals surface area contributed by atoms with Gasteiger partial charge < -0.3 is 20.3 Å². The molecule has 0 saturated carbocycles. The molecular formula is C26H30F4N4O4. The molecule has 1 saturated heterocycles. The number of alkyl halides is 3. The van der Waals surface area contributed by atoms with Gasteiger partial charge in [0.1, 0.15) is 5.82 Å². The molecule has 2 aromatic carbocycles. The molecule has 8 nitrogen and oxygen atoms in total. The van der Waals surface area contributed by atoms with Gasteiger partial charge in [-0.1, -0.05) is 26.0 Å². The molecule has 1 amide bonds. The Kier molecular flexibility index (Phi) is 9.31. The fraction of sp³-hybridized carbons (Fsp3) is 0.423. The number of nitrogens with zero attached hydrogens (tertiary/aromatic N) is 2. The van der Waals surface area contributed by atoms with Crippen LogP contribution in [0.4, 0.5) is 17.6 Å². The van der Waals surface area contributed by atoms with Gasteiger partial charge >= 0.3 is 17.8 Å². The minimum Gasteiger partial charge on any atom is -0.475 e. The number of para-hydroxylation sites is 2. The summed E-state index contributed by atoms with van der Waals surface area (Å²) in [5, 5.41) is 10.2. The number of carboxylic acid groups (broad SMARTS) is 1. The smallest absolute Gasteiger partial charge is 0.475 e. The highest BCUT2D eigenvalue weighted by Gasteiger charge is 2.38. The highest BCUT2D eigenvalue weighted by atomic mass is 19.4. The average Bonchev–Trinajstić information content (AvgIpc) is 3.20. The van der Waals surface area contributed by atoms with Crippen molar-refractivity contribution in [2.75, 3.05) is 19.6 Å². The van der Waals surface area contributed by atoms with Crippen molar-refractivity contribution in [2.45, 2.75) is 44.9 Å². The molecule has 0 radical (unpaired) electrons. The number of imidazole rings is 1. The van der Waals surface area contributed by atoms with Crippen LogP contribution in [0.15, 0.2) is 53.3 Å². The molecule has 3 aromatic rings. The molecule has 38 heavy (non-hydrogen) atoms. The largest absolute Gasteiger partial charge is 0.490 e. The molecule has 2 heterocycles. The van der Waals surface area contributed by atoms with Crippen LogP contribution in [0.1, 0.15) is 43.1 Å². The Bertz CT molecular complexity index is 1290. The van der Waals surface area contributed by atoms with Gasteiger partial charge in [0.05, 0.1) is 11.0 Å². The molecule has 206 valence electrons. The van der Waals surface area contributed by atoms with E-state index in [0.717, 1.165) is 43.5 Å². The fourth-order valence-corrected chi connectivity index (χ4v) is 4.35. The molecule has 1 aliphatic rings. The highest BCUT2D eigenvalue weighted by molar-refractivity contribution is 5.94. The molecule has 1 aromatic heterocycles. The molecule has 0 unspecified atom stereocenters. The van der Waals surface area contributed by atoms with E-state index in [0.29, 0.717) is 5.56 Å². The van der Waals surface area contributed by atoms with Crippen molar-refractivity contribution in [2.24, 2.45) is 5.92 Å². The van der Waals surface area contributed by atoms with Crippen molar-refractivity contribution in [3.05, 3.63) is 70.4 Å². The number of piperidine rings is 1. The van der Waals surface area contributed by atoms with Gasteiger partial charge in [-0.3, -0.25) is 9.36 Å². The maximum Gasteiger partial charge on any atom is 0.490 e. The number of amides is 1. The summed E-state index contributed by atoms with van der Waals surface area (Å²) in [7, 11) is 0. The van der Waals surface area contributed by atoms with Crippen LogP contribution in [-0.2, 0) is 4.79 Å². The van der Waals surface area contributed by atoms with Gasteiger partial charge in [0.15, 0.2) is 0 Å². The summed E-state index contributed by atoms with van der Waals surface area (Å²) in [5.74, 6) is -3.03. The van der Waals surface area contributed by atoms with Gasteiger partial charge in [0.25, 0.3) is 5.91 Å². The molecule has 12 heteroatoms. The van der Waals surface area contributed by atoms with E-state index in [1.54, 1.807) is 0 Å². The van der Waals surface area contributed by atoms with Crippen LogP contribution >= 0.6 is 0 Å². The van der Waals surface area contributed by atoms with Gasteiger partial charge in [-0.25, -0.2) is 14.0 Å². The zero-order valence-electron chi connectivity index (χ0n) is 21.0. The zero-order valence-corrected chi connectivity index (χ0v) is 21.0. The Morgan fingerprint density at radius 3 is 2.21 bits per heavy atom. The van der Waals surface area contributed by atoms with Crippen molar-refractivity contribution in [1.82, 2.24) is 19.8 Å². The standard InChI is InChI=1S/C24H29FN4O2.C2HF3O2/c1-16(2)21(26-23(30)17-7-9-18(25)10-8-17)15-28-13-11-19(12-14-28)29-22-6-4-3-5-20(22)27-24(29)31;3-2(4,5)1(6)7/h3-10,16,19,21H,11-15H2,1-2H3,(H,26,30)(H,27,31);(H,6,7)/t21-;/m1./s1. The summed E-state index contributed by atoms with van der Waals surface area (Å²) >= 11 is 0. The van der Waals surface area contributed by atoms with Crippen molar-refractivity contribution in [3.8, 4) is 0 Å². The van der Waals surface area contributed by atoms with Gasteiger partial charge in [-0.2, -0.15) is 13.2 Å². The summed E-state index contributed by atoms with van der Waals surface area (Å²) in [4.78, 5) is 39.3. The summed E-state index contributed by atoms with van der Waals surface area (Å²) in [6.07, 6.45) is -3.31. The Balaban J connectivity index is 0.000000505. The van der Waals surface area contributed by atoms with Crippen molar-refractivity contribution >= 4 is 22.9 Å². The van der Waals surface area contributed by atoms with Crippen molar-refractivity contribution < 1.29 is 32.3 Å². The van der Waals surface area contributed by atoms with Gasteiger partial charge in [-0.05, 0) is 55.2 Å². The van der Waals surface area contributed by atoms with Crippen LogP contribution in [0.2, 0.25) is 0 Å². The van der Waals surface area contributed by atoms with Gasteiger partial charge in [-0.15, -0.1) is 0 Å². The van der Waals surface area contributed by atoms with E-state index in [9.17, 15) is 27.2 Å². The summed E-state index contributed by atoms with van der Waals surface area (Å²) < 4.78 is 46.8. The maximum absolute atomic E-state index is 13.1. The van der Waals surface area contributed by atoms with Crippen LogP contribution in [-0.4, -0.2) is 63.3 Å². The third-order valence-corrected chi connectivity index (χ3v) is 6.47. The number of hydrogen-bond donors (Lipinski definition) is 3. The number of fused-ring (bicyclic) bond motifs is 1. The number of halogens is 4. The Morgan fingerprint density at radius 1 is 1.08 bits per heavy atom. The number of aromatic amines is 1. The number of rotatable bonds is 6. The molecule has 1 fully saturated rings. The fourth-order valence-electron chi connectivity index (χ4n) is 4.35. The lowest BCUT2D eigenvalue weighted by atomic mass is 9.99. The molecular weight excluding hydrogens is 508 g/mol.